The third-order valence-electron chi connectivity index (χ3n) is 2.20. The lowest BCUT2D eigenvalue weighted by atomic mass is 10.3. The number of hydrogen-bond donors (Lipinski definition) is 0. The lowest BCUT2D eigenvalue weighted by molar-refractivity contribution is 0.128. The van der Waals surface area contributed by atoms with Gasteiger partial charge in [0.25, 0.3) is 0 Å². The van der Waals surface area contributed by atoms with E-state index in [1.165, 1.54) is 0 Å². The summed E-state index contributed by atoms with van der Waals surface area (Å²) in [6, 6.07) is 9.08. The Balaban J connectivity index is 2.20. The van der Waals surface area contributed by atoms with E-state index in [4.69, 9.17) is 21.1 Å². The molecule has 1 heterocycles. The van der Waals surface area contributed by atoms with Gasteiger partial charge in [0.2, 0.25) is 5.88 Å². The molecule has 0 aliphatic heterocycles. The minimum absolute atomic E-state index is 0.309. The summed E-state index contributed by atoms with van der Waals surface area (Å²) in [6.07, 6.45) is 0. The minimum atomic E-state index is 0.309. The number of nitrogens with zero attached hydrogens (tertiary/aromatic N) is 2. The molecule has 100 valence electrons. The first-order chi connectivity index (χ1) is 9.19. The zero-order valence-corrected chi connectivity index (χ0v) is 12.6. The van der Waals surface area contributed by atoms with Crippen LogP contribution in [0, 0.1) is 0 Å². The number of para-hydroxylation sites is 1. The highest BCUT2D eigenvalue weighted by Crippen LogP contribution is 2.29. The molecule has 0 amide bonds. The zero-order valence-electron chi connectivity index (χ0n) is 10.3. The third kappa shape index (κ3) is 4.16. The predicted octanol–water partition coefficient (Wildman–Crippen LogP) is 4.22. The average molecular weight is 344 g/mol. The molecular formula is C13H12BrClN2O2. The molecule has 0 radical (unpaired) electrons. The molecule has 0 saturated heterocycles. The standard InChI is InChI=1S/C13H12BrClN2O2/c1-2-18-8-12-16-11(15)7-13(17-12)19-10-6-4-3-5-9(10)14/h3-7H,2,8H2,1H3. The van der Waals surface area contributed by atoms with Gasteiger partial charge in [0, 0.05) is 12.7 Å². The first-order valence-electron chi connectivity index (χ1n) is 5.72. The van der Waals surface area contributed by atoms with E-state index in [9.17, 15) is 0 Å². The van der Waals surface area contributed by atoms with Gasteiger partial charge in [-0.05, 0) is 35.0 Å². The predicted molar refractivity (Wildman–Crippen MR) is 76.6 cm³/mol. The Labute approximate surface area is 124 Å². The summed E-state index contributed by atoms with van der Waals surface area (Å²) in [5, 5.41) is 0.326. The van der Waals surface area contributed by atoms with Crippen LogP contribution in [0.5, 0.6) is 11.6 Å². The quantitative estimate of drug-likeness (QED) is 0.762. The highest BCUT2D eigenvalue weighted by atomic mass is 79.9. The van der Waals surface area contributed by atoms with E-state index in [0.29, 0.717) is 35.8 Å². The Morgan fingerprint density at radius 1 is 1.26 bits per heavy atom. The molecule has 2 aromatic rings. The van der Waals surface area contributed by atoms with Gasteiger partial charge in [-0.3, -0.25) is 0 Å². The highest BCUT2D eigenvalue weighted by molar-refractivity contribution is 9.10. The van der Waals surface area contributed by atoms with Crippen molar-refractivity contribution in [2.45, 2.75) is 13.5 Å². The van der Waals surface area contributed by atoms with Gasteiger partial charge in [-0.1, -0.05) is 23.7 Å². The van der Waals surface area contributed by atoms with E-state index >= 15 is 0 Å². The smallest absolute Gasteiger partial charge is 0.224 e. The SMILES string of the molecule is CCOCc1nc(Cl)cc(Oc2ccccc2Br)n1. The van der Waals surface area contributed by atoms with Gasteiger partial charge >= 0.3 is 0 Å². The van der Waals surface area contributed by atoms with Crippen molar-refractivity contribution in [1.29, 1.82) is 0 Å². The fourth-order valence-electron chi connectivity index (χ4n) is 1.39. The van der Waals surface area contributed by atoms with Gasteiger partial charge < -0.3 is 9.47 Å². The molecule has 0 spiro atoms. The van der Waals surface area contributed by atoms with Crippen LogP contribution in [0.15, 0.2) is 34.8 Å². The molecule has 0 aliphatic rings. The number of ether oxygens (including phenoxy) is 2. The van der Waals surface area contributed by atoms with Crippen LogP contribution >= 0.6 is 27.5 Å². The van der Waals surface area contributed by atoms with Gasteiger partial charge in [-0.2, -0.15) is 4.98 Å². The van der Waals surface area contributed by atoms with Crippen LogP contribution in [-0.2, 0) is 11.3 Å². The lowest BCUT2D eigenvalue weighted by Crippen LogP contribution is -2.01. The molecule has 6 heteroatoms. The van der Waals surface area contributed by atoms with E-state index < -0.39 is 0 Å². The van der Waals surface area contributed by atoms with Crippen LogP contribution in [0.3, 0.4) is 0 Å². The molecule has 0 aliphatic carbocycles. The maximum atomic E-state index is 5.94. The molecule has 2 rings (SSSR count). The Morgan fingerprint density at radius 2 is 2.05 bits per heavy atom. The molecule has 0 fully saturated rings. The maximum absolute atomic E-state index is 5.94. The second-order valence-corrected chi connectivity index (χ2v) is 4.86. The van der Waals surface area contributed by atoms with Crippen molar-refractivity contribution in [3.8, 4) is 11.6 Å². The van der Waals surface area contributed by atoms with E-state index in [-0.39, 0.29) is 0 Å². The van der Waals surface area contributed by atoms with Crippen LogP contribution in [0.2, 0.25) is 5.15 Å². The number of halogens is 2. The largest absolute Gasteiger partial charge is 0.438 e. The lowest BCUT2D eigenvalue weighted by Gasteiger charge is -2.08. The van der Waals surface area contributed by atoms with Gasteiger partial charge in [0.1, 0.15) is 17.5 Å². The van der Waals surface area contributed by atoms with Crippen molar-refractivity contribution in [2.75, 3.05) is 6.61 Å². The Hall–Kier alpha value is -1.17. The van der Waals surface area contributed by atoms with Crippen LogP contribution < -0.4 is 4.74 Å². The average Bonchev–Trinajstić information content (AvgIpc) is 2.38. The van der Waals surface area contributed by atoms with Gasteiger partial charge in [0.05, 0.1) is 4.47 Å². The summed E-state index contributed by atoms with van der Waals surface area (Å²) in [7, 11) is 0. The van der Waals surface area contributed by atoms with Gasteiger partial charge in [-0.15, -0.1) is 0 Å². The van der Waals surface area contributed by atoms with E-state index in [0.717, 1.165) is 4.47 Å². The Morgan fingerprint density at radius 3 is 2.79 bits per heavy atom. The van der Waals surface area contributed by atoms with Crippen LogP contribution in [0.25, 0.3) is 0 Å². The van der Waals surface area contributed by atoms with E-state index in [2.05, 4.69) is 25.9 Å². The molecular weight excluding hydrogens is 332 g/mol. The number of rotatable bonds is 5. The Bertz CT molecular complexity index is 566. The first-order valence-corrected chi connectivity index (χ1v) is 6.89. The number of hydrogen-bond acceptors (Lipinski definition) is 4. The topological polar surface area (TPSA) is 44.2 Å². The van der Waals surface area contributed by atoms with Gasteiger partial charge in [0.15, 0.2) is 5.82 Å². The summed E-state index contributed by atoms with van der Waals surface area (Å²) in [5.74, 6) is 1.55. The number of benzene rings is 1. The monoisotopic (exact) mass is 342 g/mol. The highest BCUT2D eigenvalue weighted by Gasteiger charge is 2.07. The fraction of sp³-hybridized carbons (Fsp3) is 0.231. The molecule has 0 unspecified atom stereocenters. The first kappa shape index (κ1) is 14.2. The van der Waals surface area contributed by atoms with Crippen molar-refractivity contribution in [2.24, 2.45) is 0 Å². The zero-order chi connectivity index (χ0) is 13.7. The number of aromatic nitrogens is 2. The summed E-state index contributed by atoms with van der Waals surface area (Å²) in [5.41, 5.74) is 0. The van der Waals surface area contributed by atoms with Crippen molar-refractivity contribution in [1.82, 2.24) is 9.97 Å². The second-order valence-electron chi connectivity index (χ2n) is 3.61. The Kier molecular flexibility index (Phi) is 5.13. The van der Waals surface area contributed by atoms with Crippen LogP contribution in [0.1, 0.15) is 12.7 Å². The molecule has 0 saturated carbocycles. The second kappa shape index (κ2) is 6.84. The molecule has 1 aromatic heterocycles. The molecule has 4 nitrogen and oxygen atoms in total. The molecule has 19 heavy (non-hydrogen) atoms. The summed E-state index contributed by atoms with van der Waals surface area (Å²) >= 11 is 9.34. The van der Waals surface area contributed by atoms with Crippen molar-refractivity contribution < 1.29 is 9.47 Å². The summed E-state index contributed by atoms with van der Waals surface area (Å²) in [6.45, 7) is 2.81. The minimum Gasteiger partial charge on any atom is -0.438 e. The molecule has 0 bridgehead atoms. The fourth-order valence-corrected chi connectivity index (χ4v) is 1.95. The van der Waals surface area contributed by atoms with Crippen molar-refractivity contribution in [3.05, 3.63) is 45.8 Å². The van der Waals surface area contributed by atoms with Crippen molar-refractivity contribution in [3.63, 3.8) is 0 Å². The van der Waals surface area contributed by atoms with Gasteiger partial charge in [-0.25, -0.2) is 4.98 Å². The normalized spacial score (nSPS) is 10.5. The van der Waals surface area contributed by atoms with E-state index in [1.807, 2.05) is 31.2 Å². The molecule has 0 atom stereocenters. The van der Waals surface area contributed by atoms with Crippen LogP contribution in [-0.4, -0.2) is 16.6 Å². The summed E-state index contributed by atoms with van der Waals surface area (Å²) in [4.78, 5) is 8.32. The molecule has 1 aromatic carbocycles. The molecule has 0 N–H and O–H groups in total. The van der Waals surface area contributed by atoms with E-state index in [1.54, 1.807) is 6.07 Å². The maximum Gasteiger partial charge on any atom is 0.224 e. The van der Waals surface area contributed by atoms with Crippen molar-refractivity contribution >= 4 is 27.5 Å². The van der Waals surface area contributed by atoms with Crippen LogP contribution in [0.4, 0.5) is 0 Å². The third-order valence-corrected chi connectivity index (χ3v) is 3.05. The summed E-state index contributed by atoms with van der Waals surface area (Å²) < 4.78 is 11.8.